The SMILES string of the molecule is O=C(CCSc1nnc(-c2ccco2)c(-c2ccco2)n1)n1c2c(c3ccccc31)CCCC2. The summed E-state index contributed by atoms with van der Waals surface area (Å²) in [6.07, 6.45) is 7.87. The van der Waals surface area contributed by atoms with Crippen molar-refractivity contribution < 1.29 is 13.6 Å². The summed E-state index contributed by atoms with van der Waals surface area (Å²) >= 11 is 1.42. The summed E-state index contributed by atoms with van der Waals surface area (Å²) in [7, 11) is 0. The maximum Gasteiger partial charge on any atom is 0.232 e. The van der Waals surface area contributed by atoms with Gasteiger partial charge in [0.15, 0.2) is 17.2 Å². The molecule has 4 heterocycles. The van der Waals surface area contributed by atoms with Gasteiger partial charge in [0.25, 0.3) is 0 Å². The minimum atomic E-state index is 0.110. The summed E-state index contributed by atoms with van der Waals surface area (Å²) in [5, 5.41) is 10.3. The first-order chi connectivity index (χ1) is 16.8. The van der Waals surface area contributed by atoms with Gasteiger partial charge in [-0.05, 0) is 61.6 Å². The molecular formula is C26H22N4O3S. The first-order valence-electron chi connectivity index (χ1n) is 11.4. The monoisotopic (exact) mass is 470 g/mol. The standard InChI is InChI=1S/C26H22N4O3S/c31-23(30-19-9-3-1-7-17(19)18-8-2-4-10-20(18)30)13-16-34-26-27-24(21-11-5-14-32-21)25(28-29-26)22-12-6-15-33-22/h1,3,5-7,9,11-12,14-15H,2,4,8,10,13,16H2. The number of carbonyl (C=O) groups is 1. The highest BCUT2D eigenvalue weighted by molar-refractivity contribution is 7.99. The van der Waals surface area contributed by atoms with Gasteiger partial charge in [-0.15, -0.1) is 10.2 Å². The van der Waals surface area contributed by atoms with Crippen LogP contribution in [0.5, 0.6) is 0 Å². The van der Waals surface area contributed by atoms with Gasteiger partial charge >= 0.3 is 0 Å². The van der Waals surface area contributed by atoms with Crippen LogP contribution in [0.2, 0.25) is 0 Å². The molecule has 0 unspecified atom stereocenters. The topological polar surface area (TPSA) is 86.9 Å². The summed E-state index contributed by atoms with van der Waals surface area (Å²) in [5.41, 5.74) is 4.63. The Morgan fingerprint density at radius 3 is 2.47 bits per heavy atom. The largest absolute Gasteiger partial charge is 0.463 e. The van der Waals surface area contributed by atoms with Crippen LogP contribution in [0, 0.1) is 0 Å². The molecule has 1 aliphatic carbocycles. The maximum atomic E-state index is 13.3. The second-order valence-electron chi connectivity index (χ2n) is 8.22. The summed E-state index contributed by atoms with van der Waals surface area (Å²) in [5.74, 6) is 1.82. The first-order valence-corrected chi connectivity index (χ1v) is 12.4. The average molecular weight is 471 g/mol. The average Bonchev–Trinajstić information content (AvgIpc) is 3.64. The molecule has 7 nitrogen and oxygen atoms in total. The first kappa shape index (κ1) is 20.9. The van der Waals surface area contributed by atoms with Gasteiger partial charge in [-0.3, -0.25) is 9.36 Å². The van der Waals surface area contributed by atoms with Crippen LogP contribution in [0.3, 0.4) is 0 Å². The van der Waals surface area contributed by atoms with Crippen LogP contribution in [0.4, 0.5) is 0 Å². The highest BCUT2D eigenvalue weighted by Crippen LogP contribution is 2.33. The molecule has 0 spiro atoms. The van der Waals surface area contributed by atoms with Crippen molar-refractivity contribution in [1.29, 1.82) is 0 Å². The number of thioether (sulfide) groups is 1. The fraction of sp³-hybridized carbons (Fsp3) is 0.231. The molecule has 0 N–H and O–H groups in total. The molecule has 0 amide bonds. The molecule has 34 heavy (non-hydrogen) atoms. The Kier molecular flexibility index (Phi) is 5.50. The number of hydrogen-bond acceptors (Lipinski definition) is 7. The van der Waals surface area contributed by atoms with Crippen LogP contribution in [-0.2, 0) is 12.8 Å². The quantitative estimate of drug-likeness (QED) is 0.279. The van der Waals surface area contributed by atoms with Gasteiger partial charge in [0.05, 0.1) is 18.0 Å². The number of rotatable bonds is 6. The molecule has 8 heteroatoms. The van der Waals surface area contributed by atoms with Gasteiger partial charge in [0.1, 0.15) is 5.69 Å². The second-order valence-corrected chi connectivity index (χ2v) is 9.29. The van der Waals surface area contributed by atoms with E-state index < -0.39 is 0 Å². The summed E-state index contributed by atoms with van der Waals surface area (Å²) in [6.45, 7) is 0. The number of aromatic nitrogens is 4. The third-order valence-electron chi connectivity index (χ3n) is 6.15. The summed E-state index contributed by atoms with van der Waals surface area (Å²) < 4.78 is 13.0. The predicted molar refractivity (Wildman–Crippen MR) is 130 cm³/mol. The molecule has 5 aromatic rings. The van der Waals surface area contributed by atoms with E-state index in [4.69, 9.17) is 8.83 Å². The number of nitrogens with zero attached hydrogens (tertiary/aromatic N) is 4. The van der Waals surface area contributed by atoms with Crippen molar-refractivity contribution in [2.45, 2.75) is 37.3 Å². The molecule has 1 aliphatic rings. The zero-order valence-corrected chi connectivity index (χ0v) is 19.3. The van der Waals surface area contributed by atoms with Crippen molar-refractivity contribution in [3.05, 3.63) is 72.3 Å². The second kappa shape index (κ2) is 8.95. The molecule has 0 bridgehead atoms. The fourth-order valence-electron chi connectivity index (χ4n) is 4.66. The molecule has 170 valence electrons. The molecule has 0 atom stereocenters. The normalized spacial score (nSPS) is 13.3. The van der Waals surface area contributed by atoms with E-state index in [1.165, 1.54) is 34.8 Å². The molecule has 4 aromatic heterocycles. The van der Waals surface area contributed by atoms with Crippen LogP contribution in [0.15, 0.2) is 75.0 Å². The van der Waals surface area contributed by atoms with E-state index >= 15 is 0 Å². The number of aryl methyl sites for hydroxylation is 1. The third kappa shape index (κ3) is 3.74. The predicted octanol–water partition coefficient (Wildman–Crippen LogP) is 6.05. The van der Waals surface area contributed by atoms with Crippen LogP contribution in [0.1, 0.15) is 35.3 Å². The van der Waals surface area contributed by atoms with Crippen LogP contribution in [0.25, 0.3) is 33.8 Å². The lowest BCUT2D eigenvalue weighted by molar-refractivity contribution is 0.0912. The lowest BCUT2D eigenvalue weighted by Crippen LogP contribution is -2.16. The van der Waals surface area contributed by atoms with E-state index in [0.29, 0.717) is 40.2 Å². The van der Waals surface area contributed by atoms with E-state index in [9.17, 15) is 4.79 Å². The third-order valence-corrected chi connectivity index (χ3v) is 6.99. The van der Waals surface area contributed by atoms with Gasteiger partial charge in [-0.25, -0.2) is 4.98 Å². The van der Waals surface area contributed by atoms with E-state index in [1.54, 1.807) is 24.7 Å². The van der Waals surface area contributed by atoms with Crippen LogP contribution < -0.4 is 0 Å². The number of hydrogen-bond donors (Lipinski definition) is 0. The number of para-hydroxylation sites is 1. The lowest BCUT2D eigenvalue weighted by atomic mass is 9.95. The maximum absolute atomic E-state index is 13.3. The molecule has 0 saturated carbocycles. The Labute approximate surface area is 200 Å². The number of carbonyl (C=O) groups excluding carboxylic acids is 1. The molecule has 0 saturated heterocycles. The molecule has 1 aromatic carbocycles. The van der Waals surface area contributed by atoms with Crippen molar-refractivity contribution in [1.82, 2.24) is 19.7 Å². The highest BCUT2D eigenvalue weighted by Gasteiger charge is 2.23. The Morgan fingerprint density at radius 1 is 0.912 bits per heavy atom. The van der Waals surface area contributed by atoms with Gasteiger partial charge in [-0.2, -0.15) is 0 Å². The molecule has 0 fully saturated rings. The van der Waals surface area contributed by atoms with E-state index in [2.05, 4.69) is 33.4 Å². The van der Waals surface area contributed by atoms with Gasteiger partial charge < -0.3 is 8.83 Å². The van der Waals surface area contributed by atoms with Crippen molar-refractivity contribution in [3.63, 3.8) is 0 Å². The van der Waals surface area contributed by atoms with E-state index in [1.807, 2.05) is 22.8 Å². The Bertz CT molecular complexity index is 1460. The Hall–Kier alpha value is -3.65. The Balaban J connectivity index is 1.23. The number of benzene rings is 1. The smallest absolute Gasteiger partial charge is 0.232 e. The molecular weight excluding hydrogens is 448 g/mol. The zero-order valence-electron chi connectivity index (χ0n) is 18.4. The van der Waals surface area contributed by atoms with E-state index in [0.717, 1.165) is 24.8 Å². The van der Waals surface area contributed by atoms with Crippen LogP contribution in [-0.4, -0.2) is 31.4 Å². The summed E-state index contributed by atoms with van der Waals surface area (Å²) in [4.78, 5) is 18.0. The molecule has 0 radical (unpaired) electrons. The zero-order chi connectivity index (χ0) is 22.9. The van der Waals surface area contributed by atoms with Gasteiger partial charge in [-0.1, -0.05) is 30.0 Å². The minimum absolute atomic E-state index is 0.110. The van der Waals surface area contributed by atoms with Crippen molar-refractivity contribution in [2.24, 2.45) is 0 Å². The number of furan rings is 2. The summed E-state index contributed by atoms with van der Waals surface area (Å²) in [6, 6.07) is 15.5. The van der Waals surface area contributed by atoms with Crippen molar-refractivity contribution >= 4 is 28.6 Å². The van der Waals surface area contributed by atoms with Crippen molar-refractivity contribution in [3.8, 4) is 22.9 Å². The van der Waals surface area contributed by atoms with Crippen molar-refractivity contribution in [2.75, 3.05) is 5.75 Å². The van der Waals surface area contributed by atoms with Gasteiger partial charge in [0.2, 0.25) is 11.1 Å². The lowest BCUT2D eigenvalue weighted by Gasteiger charge is -2.15. The Morgan fingerprint density at radius 2 is 1.68 bits per heavy atom. The minimum Gasteiger partial charge on any atom is -0.463 e. The van der Waals surface area contributed by atoms with Gasteiger partial charge in [0, 0.05) is 23.3 Å². The van der Waals surface area contributed by atoms with Crippen LogP contribution >= 0.6 is 11.8 Å². The molecule has 0 aliphatic heterocycles. The van der Waals surface area contributed by atoms with E-state index in [-0.39, 0.29) is 5.91 Å². The fourth-order valence-corrected chi connectivity index (χ4v) is 5.37. The number of fused-ring (bicyclic) bond motifs is 3. The highest BCUT2D eigenvalue weighted by atomic mass is 32.2. The molecule has 6 rings (SSSR count).